The van der Waals surface area contributed by atoms with Gasteiger partial charge in [0.2, 0.25) is 5.91 Å². The van der Waals surface area contributed by atoms with Gasteiger partial charge in [0.15, 0.2) is 0 Å². The molecule has 0 radical (unpaired) electrons. The molecule has 4 amide bonds. The molecule has 0 aromatic heterocycles. The molecule has 0 aromatic rings. The Morgan fingerprint density at radius 3 is 2.33 bits per heavy atom. The topological polar surface area (TPSA) is 98.7 Å². The lowest BCUT2D eigenvalue weighted by Crippen LogP contribution is -2.43. The molecule has 1 saturated heterocycles. The predicted octanol–water partition coefficient (Wildman–Crippen LogP) is 0.374. The van der Waals surface area contributed by atoms with E-state index in [4.69, 9.17) is 0 Å². The zero-order valence-corrected chi connectivity index (χ0v) is 13.2. The van der Waals surface area contributed by atoms with Gasteiger partial charge in [-0.2, -0.15) is 0 Å². The normalized spacial score (nSPS) is 17.9. The fourth-order valence-corrected chi connectivity index (χ4v) is 2.09. The minimum atomic E-state index is -0.918. The number of hydrogen-bond donors (Lipinski definition) is 3. The van der Waals surface area contributed by atoms with Crippen molar-refractivity contribution in [2.45, 2.75) is 58.1 Å². The molecule has 120 valence electrons. The average Bonchev–Trinajstić information content (AvgIpc) is 2.63. The number of amides is 4. The molecule has 1 heterocycles. The van der Waals surface area contributed by atoms with Gasteiger partial charge in [-0.05, 0) is 26.7 Å². The number of hydrogen-bond acceptors (Lipinski definition) is 4. The number of carbonyl (C=O) groups excluding carboxylic acids is 3. The fraction of sp³-hybridized carbons (Fsp3) is 0.786. The molecule has 1 aliphatic heterocycles. The second-order valence-electron chi connectivity index (χ2n) is 5.97. The molecule has 0 spiro atoms. The molecule has 1 aliphatic rings. The Bertz CT molecular complexity index is 430. The van der Waals surface area contributed by atoms with Crippen LogP contribution in [0.3, 0.4) is 0 Å². The molecule has 0 aliphatic carbocycles. The summed E-state index contributed by atoms with van der Waals surface area (Å²) in [7, 11) is 0. The van der Waals surface area contributed by atoms with E-state index >= 15 is 0 Å². The first-order valence-corrected chi connectivity index (χ1v) is 7.28. The van der Waals surface area contributed by atoms with Crippen molar-refractivity contribution in [3.63, 3.8) is 0 Å². The third kappa shape index (κ3) is 4.17. The van der Waals surface area contributed by atoms with Gasteiger partial charge in [-0.15, -0.1) is 0 Å². The molecule has 21 heavy (non-hydrogen) atoms. The van der Waals surface area contributed by atoms with Gasteiger partial charge in [-0.1, -0.05) is 13.8 Å². The van der Waals surface area contributed by atoms with Crippen LogP contribution in [0.4, 0.5) is 4.79 Å². The summed E-state index contributed by atoms with van der Waals surface area (Å²) in [5, 5.41) is 15.3. The minimum Gasteiger partial charge on any atom is -0.388 e. The van der Waals surface area contributed by atoms with Crippen LogP contribution in [0.1, 0.15) is 47.0 Å². The molecule has 1 fully saturated rings. The van der Waals surface area contributed by atoms with Gasteiger partial charge in [0.1, 0.15) is 5.54 Å². The smallest absolute Gasteiger partial charge is 0.325 e. The first-order valence-electron chi connectivity index (χ1n) is 7.28. The maximum atomic E-state index is 11.9. The predicted molar refractivity (Wildman–Crippen MR) is 77.5 cm³/mol. The highest BCUT2D eigenvalue weighted by atomic mass is 16.3. The third-order valence-electron chi connectivity index (χ3n) is 3.94. The second-order valence-corrected chi connectivity index (χ2v) is 5.97. The van der Waals surface area contributed by atoms with Crippen LogP contribution in [0.15, 0.2) is 0 Å². The number of urea groups is 1. The summed E-state index contributed by atoms with van der Waals surface area (Å²) in [5.74, 6) is -0.625. The highest BCUT2D eigenvalue weighted by molar-refractivity contribution is 6.06. The van der Waals surface area contributed by atoms with E-state index in [1.807, 2.05) is 13.8 Å². The van der Waals surface area contributed by atoms with Gasteiger partial charge < -0.3 is 15.7 Å². The number of nitrogens with zero attached hydrogens (tertiary/aromatic N) is 1. The Morgan fingerprint density at radius 1 is 1.33 bits per heavy atom. The SMILES string of the molecule is CCC(O)(CC)CNC(=O)CCN1C(=O)NC(C)(C)C1=O. The van der Waals surface area contributed by atoms with Gasteiger partial charge in [-0.25, -0.2) is 4.79 Å². The Labute approximate surface area is 125 Å². The Morgan fingerprint density at radius 2 is 1.90 bits per heavy atom. The lowest BCUT2D eigenvalue weighted by molar-refractivity contribution is -0.130. The molecule has 0 unspecified atom stereocenters. The standard InChI is InChI=1S/C14H25N3O4/c1-5-14(21,6-2)9-15-10(18)7-8-17-11(19)13(3,4)16-12(17)20/h21H,5-9H2,1-4H3,(H,15,18)(H,16,20). The van der Waals surface area contributed by atoms with Crippen molar-refractivity contribution in [1.82, 2.24) is 15.5 Å². The van der Waals surface area contributed by atoms with Gasteiger partial charge in [0.05, 0.1) is 5.60 Å². The first-order chi connectivity index (χ1) is 9.65. The van der Waals surface area contributed by atoms with Crippen molar-refractivity contribution in [2.75, 3.05) is 13.1 Å². The number of carbonyl (C=O) groups is 3. The van der Waals surface area contributed by atoms with Crippen LogP contribution >= 0.6 is 0 Å². The highest BCUT2D eigenvalue weighted by Gasteiger charge is 2.44. The van der Waals surface area contributed by atoms with Crippen molar-refractivity contribution >= 4 is 17.8 Å². The molecule has 0 bridgehead atoms. The lowest BCUT2D eigenvalue weighted by Gasteiger charge is -2.25. The Hall–Kier alpha value is -1.63. The molecule has 3 N–H and O–H groups in total. The van der Waals surface area contributed by atoms with E-state index in [1.165, 1.54) is 0 Å². The summed E-state index contributed by atoms with van der Waals surface area (Å²) in [6.07, 6.45) is 1.12. The van der Waals surface area contributed by atoms with Crippen LogP contribution in [-0.4, -0.2) is 52.1 Å². The average molecular weight is 299 g/mol. The molecule has 1 rings (SSSR count). The largest absolute Gasteiger partial charge is 0.388 e. The summed E-state index contributed by atoms with van der Waals surface area (Å²) >= 11 is 0. The lowest BCUT2D eigenvalue weighted by atomic mass is 9.97. The fourth-order valence-electron chi connectivity index (χ4n) is 2.09. The van der Waals surface area contributed by atoms with E-state index < -0.39 is 17.2 Å². The van der Waals surface area contributed by atoms with Crippen molar-refractivity contribution in [3.8, 4) is 0 Å². The van der Waals surface area contributed by atoms with E-state index in [0.717, 1.165) is 4.90 Å². The molecule has 7 heteroatoms. The summed E-state index contributed by atoms with van der Waals surface area (Å²) in [5.41, 5.74) is -1.82. The maximum absolute atomic E-state index is 11.9. The molecular formula is C14H25N3O4. The van der Waals surface area contributed by atoms with Crippen LogP contribution in [0.2, 0.25) is 0 Å². The first kappa shape index (κ1) is 17.4. The van der Waals surface area contributed by atoms with E-state index in [9.17, 15) is 19.5 Å². The van der Waals surface area contributed by atoms with Crippen molar-refractivity contribution in [2.24, 2.45) is 0 Å². The van der Waals surface area contributed by atoms with Crippen LogP contribution in [-0.2, 0) is 9.59 Å². The van der Waals surface area contributed by atoms with E-state index in [0.29, 0.717) is 12.8 Å². The van der Waals surface area contributed by atoms with Crippen LogP contribution in [0, 0.1) is 0 Å². The Balaban J connectivity index is 2.44. The summed E-state index contributed by atoms with van der Waals surface area (Å²) in [4.78, 5) is 36.4. The summed E-state index contributed by atoms with van der Waals surface area (Å²) in [6, 6.07) is -0.476. The van der Waals surface area contributed by atoms with Crippen LogP contribution < -0.4 is 10.6 Å². The number of aliphatic hydroxyl groups is 1. The van der Waals surface area contributed by atoms with Crippen molar-refractivity contribution < 1.29 is 19.5 Å². The minimum absolute atomic E-state index is 0.0265. The maximum Gasteiger partial charge on any atom is 0.325 e. The van der Waals surface area contributed by atoms with Crippen molar-refractivity contribution in [3.05, 3.63) is 0 Å². The second kappa shape index (κ2) is 6.43. The zero-order valence-electron chi connectivity index (χ0n) is 13.2. The van der Waals surface area contributed by atoms with Gasteiger partial charge in [0.25, 0.3) is 5.91 Å². The quantitative estimate of drug-likeness (QED) is 0.592. The van der Waals surface area contributed by atoms with E-state index in [-0.39, 0.29) is 31.3 Å². The van der Waals surface area contributed by atoms with Gasteiger partial charge >= 0.3 is 6.03 Å². The highest BCUT2D eigenvalue weighted by Crippen LogP contribution is 2.17. The molecule has 0 saturated carbocycles. The van der Waals surface area contributed by atoms with Crippen LogP contribution in [0.5, 0.6) is 0 Å². The summed E-state index contributed by atoms with van der Waals surface area (Å²) in [6.45, 7) is 7.16. The van der Waals surface area contributed by atoms with Gasteiger partial charge in [-0.3, -0.25) is 14.5 Å². The van der Waals surface area contributed by atoms with Crippen molar-refractivity contribution in [1.29, 1.82) is 0 Å². The third-order valence-corrected chi connectivity index (χ3v) is 3.94. The van der Waals surface area contributed by atoms with Gasteiger partial charge in [0, 0.05) is 19.5 Å². The molecule has 0 aromatic carbocycles. The van der Waals surface area contributed by atoms with E-state index in [1.54, 1.807) is 13.8 Å². The Kier molecular flexibility index (Phi) is 5.33. The summed E-state index contributed by atoms with van der Waals surface area (Å²) < 4.78 is 0. The number of imide groups is 1. The number of nitrogens with one attached hydrogen (secondary N) is 2. The monoisotopic (exact) mass is 299 g/mol. The van der Waals surface area contributed by atoms with Crippen LogP contribution in [0.25, 0.3) is 0 Å². The molecule has 0 atom stereocenters. The van der Waals surface area contributed by atoms with E-state index in [2.05, 4.69) is 10.6 Å². The number of rotatable bonds is 7. The molecular weight excluding hydrogens is 274 g/mol. The zero-order chi connectivity index (χ0) is 16.3. The molecule has 7 nitrogen and oxygen atoms in total.